The van der Waals surface area contributed by atoms with Crippen LogP contribution < -0.4 is 5.73 Å². The Morgan fingerprint density at radius 2 is 1.90 bits per heavy atom. The zero-order chi connectivity index (χ0) is 15.4. The third kappa shape index (κ3) is 3.82. The topological polar surface area (TPSA) is 85.2 Å². The molecule has 1 heterocycles. The average Bonchev–Trinajstić information content (AvgIpc) is 2.91. The van der Waals surface area contributed by atoms with Gasteiger partial charge in [0.1, 0.15) is 5.75 Å². The van der Waals surface area contributed by atoms with Crippen molar-refractivity contribution in [1.82, 2.24) is 10.1 Å². The van der Waals surface area contributed by atoms with Crippen LogP contribution in [0.5, 0.6) is 5.75 Å². The second-order valence-corrected chi connectivity index (χ2v) is 5.69. The van der Waals surface area contributed by atoms with Gasteiger partial charge in [0.25, 0.3) is 0 Å². The highest BCUT2D eigenvalue weighted by Gasteiger charge is 2.12. The molecule has 21 heavy (non-hydrogen) atoms. The first-order valence-electron chi connectivity index (χ1n) is 7.34. The molecule has 0 aliphatic carbocycles. The highest BCUT2D eigenvalue weighted by atomic mass is 16.5. The first-order valence-corrected chi connectivity index (χ1v) is 7.34. The van der Waals surface area contributed by atoms with E-state index in [1.165, 1.54) is 0 Å². The average molecular weight is 289 g/mol. The van der Waals surface area contributed by atoms with E-state index in [0.29, 0.717) is 29.9 Å². The fourth-order valence-electron chi connectivity index (χ4n) is 2.36. The lowest BCUT2D eigenvalue weighted by Crippen LogP contribution is -2.06. The molecule has 1 aromatic carbocycles. The van der Waals surface area contributed by atoms with Crippen LogP contribution in [0.25, 0.3) is 11.4 Å². The Kier molecular flexibility index (Phi) is 4.96. The van der Waals surface area contributed by atoms with E-state index in [1.807, 2.05) is 26.0 Å². The Morgan fingerprint density at radius 3 is 2.52 bits per heavy atom. The number of nitrogens with zero attached hydrogens (tertiary/aromatic N) is 2. The van der Waals surface area contributed by atoms with E-state index in [-0.39, 0.29) is 0 Å². The Labute approximate surface area is 125 Å². The SMILES string of the molecule is Cc1cc(-c2noc(CCC(C)CCN)n2)cc(C)c1O. The second-order valence-electron chi connectivity index (χ2n) is 5.69. The van der Waals surface area contributed by atoms with Gasteiger partial charge in [-0.3, -0.25) is 0 Å². The van der Waals surface area contributed by atoms with Gasteiger partial charge < -0.3 is 15.4 Å². The maximum absolute atomic E-state index is 9.80. The van der Waals surface area contributed by atoms with Gasteiger partial charge in [0, 0.05) is 12.0 Å². The molecule has 0 saturated heterocycles. The van der Waals surface area contributed by atoms with Gasteiger partial charge in [0.2, 0.25) is 11.7 Å². The number of hydrogen-bond acceptors (Lipinski definition) is 5. The molecule has 0 spiro atoms. The van der Waals surface area contributed by atoms with Crippen LogP contribution in [-0.4, -0.2) is 21.8 Å². The lowest BCUT2D eigenvalue weighted by Gasteiger charge is -2.06. The number of rotatable bonds is 6. The van der Waals surface area contributed by atoms with Crippen LogP contribution in [0.15, 0.2) is 16.7 Å². The van der Waals surface area contributed by atoms with E-state index in [9.17, 15) is 5.11 Å². The molecule has 0 aliphatic heterocycles. The normalized spacial score (nSPS) is 12.6. The van der Waals surface area contributed by atoms with Gasteiger partial charge >= 0.3 is 0 Å². The molecule has 0 fully saturated rings. The number of benzene rings is 1. The summed E-state index contributed by atoms with van der Waals surface area (Å²) in [5.74, 6) is 2.10. The van der Waals surface area contributed by atoms with Crippen molar-refractivity contribution in [3.8, 4) is 17.1 Å². The highest BCUT2D eigenvalue weighted by Crippen LogP contribution is 2.27. The zero-order valence-corrected chi connectivity index (χ0v) is 12.9. The smallest absolute Gasteiger partial charge is 0.226 e. The molecule has 5 nitrogen and oxygen atoms in total. The molecular weight excluding hydrogens is 266 g/mol. The molecule has 5 heteroatoms. The van der Waals surface area contributed by atoms with Crippen molar-refractivity contribution in [3.63, 3.8) is 0 Å². The number of phenolic OH excluding ortho intramolecular Hbond substituents is 1. The molecule has 0 bridgehead atoms. The van der Waals surface area contributed by atoms with E-state index in [4.69, 9.17) is 10.3 Å². The van der Waals surface area contributed by atoms with Gasteiger partial charge in [0.05, 0.1) is 0 Å². The number of aromatic hydroxyl groups is 1. The van der Waals surface area contributed by atoms with Gasteiger partial charge in [-0.2, -0.15) is 4.98 Å². The maximum atomic E-state index is 9.80. The molecule has 0 saturated carbocycles. The van der Waals surface area contributed by atoms with Crippen LogP contribution in [0.4, 0.5) is 0 Å². The molecule has 0 amide bonds. The Balaban J connectivity index is 2.09. The first kappa shape index (κ1) is 15.5. The van der Waals surface area contributed by atoms with Gasteiger partial charge in [-0.1, -0.05) is 12.1 Å². The number of aryl methyl sites for hydroxylation is 3. The highest BCUT2D eigenvalue weighted by molar-refractivity contribution is 5.60. The summed E-state index contributed by atoms with van der Waals surface area (Å²) in [6.45, 7) is 6.61. The first-order chi connectivity index (χ1) is 10.0. The summed E-state index contributed by atoms with van der Waals surface area (Å²) in [6, 6.07) is 3.74. The van der Waals surface area contributed by atoms with Gasteiger partial charge in [-0.15, -0.1) is 0 Å². The summed E-state index contributed by atoms with van der Waals surface area (Å²) in [5, 5.41) is 13.8. The summed E-state index contributed by atoms with van der Waals surface area (Å²) in [5.41, 5.74) is 8.04. The minimum Gasteiger partial charge on any atom is -0.507 e. The molecule has 1 aromatic heterocycles. The molecule has 0 radical (unpaired) electrons. The Hall–Kier alpha value is -1.88. The largest absolute Gasteiger partial charge is 0.507 e. The van der Waals surface area contributed by atoms with E-state index >= 15 is 0 Å². The second kappa shape index (κ2) is 6.72. The standard InChI is InChI=1S/C16H23N3O2/c1-10(6-7-17)4-5-14-18-16(19-21-14)13-8-11(2)15(20)12(3)9-13/h8-10,20H,4-7,17H2,1-3H3. The van der Waals surface area contributed by atoms with Gasteiger partial charge in [-0.05, 0) is 62.4 Å². The Bertz CT molecular complexity index is 584. The lowest BCUT2D eigenvalue weighted by molar-refractivity contribution is 0.362. The third-order valence-electron chi connectivity index (χ3n) is 3.73. The number of aromatic nitrogens is 2. The van der Waals surface area contributed by atoms with E-state index in [1.54, 1.807) is 0 Å². The minimum atomic E-state index is 0.318. The number of hydrogen-bond donors (Lipinski definition) is 2. The van der Waals surface area contributed by atoms with Gasteiger partial charge in [0.15, 0.2) is 0 Å². The van der Waals surface area contributed by atoms with E-state index in [2.05, 4.69) is 17.1 Å². The molecule has 1 atom stereocenters. The zero-order valence-electron chi connectivity index (χ0n) is 12.9. The minimum absolute atomic E-state index is 0.318. The number of nitrogens with two attached hydrogens (primary N) is 1. The monoisotopic (exact) mass is 289 g/mol. The van der Waals surface area contributed by atoms with Crippen molar-refractivity contribution in [3.05, 3.63) is 29.2 Å². The quantitative estimate of drug-likeness (QED) is 0.854. The summed E-state index contributed by atoms with van der Waals surface area (Å²) in [6.07, 6.45) is 2.77. The number of phenols is 1. The molecule has 114 valence electrons. The molecule has 2 rings (SSSR count). The fraction of sp³-hybridized carbons (Fsp3) is 0.500. The summed E-state index contributed by atoms with van der Waals surface area (Å²) >= 11 is 0. The van der Waals surface area contributed by atoms with Crippen LogP contribution >= 0.6 is 0 Å². The molecule has 1 unspecified atom stereocenters. The lowest BCUT2D eigenvalue weighted by atomic mass is 10.0. The van der Waals surface area contributed by atoms with Crippen LogP contribution in [0.2, 0.25) is 0 Å². The molecule has 2 aromatic rings. The van der Waals surface area contributed by atoms with Crippen LogP contribution in [0, 0.1) is 19.8 Å². The van der Waals surface area contributed by atoms with Crippen molar-refractivity contribution in [2.75, 3.05) is 6.54 Å². The summed E-state index contributed by atoms with van der Waals surface area (Å²) in [4.78, 5) is 4.43. The van der Waals surface area contributed by atoms with Crippen LogP contribution in [0.1, 0.15) is 36.8 Å². The van der Waals surface area contributed by atoms with E-state index < -0.39 is 0 Å². The van der Waals surface area contributed by atoms with Crippen LogP contribution in [0.3, 0.4) is 0 Å². The summed E-state index contributed by atoms with van der Waals surface area (Å²) < 4.78 is 5.30. The molecular formula is C16H23N3O2. The third-order valence-corrected chi connectivity index (χ3v) is 3.73. The predicted molar refractivity (Wildman–Crippen MR) is 82.0 cm³/mol. The fourth-order valence-corrected chi connectivity index (χ4v) is 2.36. The van der Waals surface area contributed by atoms with Crippen molar-refractivity contribution < 1.29 is 9.63 Å². The van der Waals surface area contributed by atoms with Crippen molar-refractivity contribution >= 4 is 0 Å². The van der Waals surface area contributed by atoms with Crippen LogP contribution in [-0.2, 0) is 6.42 Å². The molecule has 0 aliphatic rings. The van der Waals surface area contributed by atoms with E-state index in [0.717, 1.165) is 36.0 Å². The molecule has 3 N–H and O–H groups in total. The van der Waals surface area contributed by atoms with Gasteiger partial charge in [-0.25, -0.2) is 0 Å². The maximum Gasteiger partial charge on any atom is 0.226 e. The van der Waals surface area contributed by atoms with Crippen molar-refractivity contribution in [2.45, 2.75) is 40.0 Å². The van der Waals surface area contributed by atoms with Crippen molar-refractivity contribution in [1.29, 1.82) is 0 Å². The summed E-state index contributed by atoms with van der Waals surface area (Å²) in [7, 11) is 0. The Morgan fingerprint density at radius 1 is 1.24 bits per heavy atom. The van der Waals surface area contributed by atoms with Crippen molar-refractivity contribution in [2.24, 2.45) is 11.7 Å². The predicted octanol–water partition coefficient (Wildman–Crippen LogP) is 2.98.